The van der Waals surface area contributed by atoms with Gasteiger partial charge in [-0.2, -0.15) is 4.31 Å². The lowest BCUT2D eigenvalue weighted by Crippen LogP contribution is -2.47. The lowest BCUT2D eigenvalue weighted by Gasteiger charge is -2.32. The Bertz CT molecular complexity index is 752. The van der Waals surface area contributed by atoms with Gasteiger partial charge in [-0.1, -0.05) is 0 Å². The van der Waals surface area contributed by atoms with Crippen molar-refractivity contribution in [2.24, 2.45) is 5.92 Å². The second kappa shape index (κ2) is 9.38. The van der Waals surface area contributed by atoms with E-state index in [0.717, 1.165) is 0 Å². The highest BCUT2D eigenvalue weighted by Gasteiger charge is 2.34. The molecule has 2 atom stereocenters. The van der Waals surface area contributed by atoms with Gasteiger partial charge >= 0.3 is 0 Å². The number of nitrogens with zero attached hydrogens (tertiary/aromatic N) is 1. The summed E-state index contributed by atoms with van der Waals surface area (Å²) in [4.78, 5) is 12.6. The Balaban J connectivity index is 2.15. The molecule has 152 valence electrons. The van der Waals surface area contributed by atoms with Crippen molar-refractivity contribution in [1.82, 2.24) is 9.62 Å². The number of sulfonamides is 1. The normalized spacial score (nSPS) is 19.3. The highest BCUT2D eigenvalue weighted by molar-refractivity contribution is 7.89. The molecule has 2 unspecified atom stereocenters. The third kappa shape index (κ3) is 5.12. The van der Waals surface area contributed by atoms with Crippen LogP contribution in [0.4, 0.5) is 0 Å². The van der Waals surface area contributed by atoms with E-state index < -0.39 is 10.0 Å². The average molecular weight is 400 g/mol. The van der Waals surface area contributed by atoms with E-state index in [4.69, 9.17) is 14.2 Å². The maximum Gasteiger partial charge on any atom is 0.243 e. The Morgan fingerprint density at radius 3 is 2.59 bits per heavy atom. The lowest BCUT2D eigenvalue weighted by atomic mass is 9.98. The quantitative estimate of drug-likeness (QED) is 0.706. The summed E-state index contributed by atoms with van der Waals surface area (Å²) in [5.74, 6) is 0.275. The van der Waals surface area contributed by atoms with Gasteiger partial charge in [-0.15, -0.1) is 0 Å². The predicted octanol–water partition coefficient (Wildman–Crippen LogP) is 1.26. The fourth-order valence-electron chi connectivity index (χ4n) is 3.15. The molecule has 1 aromatic rings. The summed E-state index contributed by atoms with van der Waals surface area (Å²) in [6, 6.07) is 4.37. The standard InChI is InChI=1S/C18H28N2O6S/c1-13(12-24-2)19-18(21)14-6-5-9-20(11-14)27(22,23)15-7-8-16(25-3)17(10-15)26-4/h7-8,10,13-14H,5-6,9,11-12H2,1-4H3,(H,19,21). The minimum absolute atomic E-state index is 0.119. The molecular weight excluding hydrogens is 372 g/mol. The predicted molar refractivity (Wildman–Crippen MR) is 101 cm³/mol. The molecule has 1 N–H and O–H groups in total. The molecule has 1 aromatic carbocycles. The van der Waals surface area contributed by atoms with Gasteiger partial charge < -0.3 is 19.5 Å². The Morgan fingerprint density at radius 2 is 1.96 bits per heavy atom. The van der Waals surface area contributed by atoms with Gasteiger partial charge in [0.15, 0.2) is 11.5 Å². The molecule has 2 rings (SSSR count). The molecule has 1 aliphatic heterocycles. The third-order valence-corrected chi connectivity index (χ3v) is 6.41. The van der Waals surface area contributed by atoms with Crippen LogP contribution in [0, 0.1) is 5.92 Å². The molecule has 9 heteroatoms. The smallest absolute Gasteiger partial charge is 0.243 e. The van der Waals surface area contributed by atoms with Crippen molar-refractivity contribution in [3.8, 4) is 11.5 Å². The number of ether oxygens (including phenoxy) is 3. The van der Waals surface area contributed by atoms with Gasteiger partial charge in [0.2, 0.25) is 15.9 Å². The summed E-state index contributed by atoms with van der Waals surface area (Å²) in [6.45, 7) is 2.80. The van der Waals surface area contributed by atoms with Crippen LogP contribution in [0.3, 0.4) is 0 Å². The molecule has 0 aromatic heterocycles. The molecule has 1 amide bonds. The van der Waals surface area contributed by atoms with Gasteiger partial charge in [0, 0.05) is 32.3 Å². The number of piperidine rings is 1. The maximum absolute atomic E-state index is 13.0. The summed E-state index contributed by atoms with van der Waals surface area (Å²) in [5, 5.41) is 2.87. The van der Waals surface area contributed by atoms with Crippen LogP contribution in [0.1, 0.15) is 19.8 Å². The number of carbonyl (C=O) groups is 1. The molecule has 27 heavy (non-hydrogen) atoms. The minimum atomic E-state index is -3.73. The zero-order chi connectivity index (χ0) is 20.0. The molecule has 1 fully saturated rings. The highest BCUT2D eigenvalue weighted by Crippen LogP contribution is 2.32. The molecule has 0 saturated carbocycles. The van der Waals surface area contributed by atoms with Gasteiger partial charge in [-0.3, -0.25) is 4.79 Å². The first-order valence-corrected chi connectivity index (χ1v) is 10.3. The van der Waals surface area contributed by atoms with E-state index in [1.165, 1.54) is 30.7 Å². The summed E-state index contributed by atoms with van der Waals surface area (Å²) >= 11 is 0. The van der Waals surface area contributed by atoms with Gasteiger partial charge in [0.05, 0.1) is 31.6 Å². The summed E-state index contributed by atoms with van der Waals surface area (Å²) in [6.07, 6.45) is 1.28. The first-order valence-electron chi connectivity index (χ1n) is 8.85. The largest absolute Gasteiger partial charge is 0.493 e. The number of carbonyl (C=O) groups excluding carboxylic acids is 1. The van der Waals surface area contributed by atoms with E-state index in [1.54, 1.807) is 13.2 Å². The second-order valence-corrected chi connectivity index (χ2v) is 8.52. The SMILES string of the molecule is COCC(C)NC(=O)C1CCCN(S(=O)(=O)c2ccc(OC)c(OC)c2)C1. The van der Waals surface area contributed by atoms with E-state index in [1.807, 2.05) is 6.92 Å². The molecule has 0 radical (unpaired) electrons. The van der Waals surface area contributed by atoms with E-state index in [9.17, 15) is 13.2 Å². The molecule has 1 heterocycles. The number of methoxy groups -OCH3 is 3. The number of hydrogen-bond donors (Lipinski definition) is 1. The van der Waals surface area contributed by atoms with Gasteiger partial charge in [0.25, 0.3) is 0 Å². The summed E-state index contributed by atoms with van der Waals surface area (Å²) in [5.41, 5.74) is 0. The average Bonchev–Trinajstić information content (AvgIpc) is 2.67. The fraction of sp³-hybridized carbons (Fsp3) is 0.611. The fourth-order valence-corrected chi connectivity index (χ4v) is 4.69. The Morgan fingerprint density at radius 1 is 1.26 bits per heavy atom. The van der Waals surface area contributed by atoms with Crippen molar-refractivity contribution in [2.45, 2.75) is 30.7 Å². The first kappa shape index (κ1) is 21.5. The first-order chi connectivity index (χ1) is 12.8. The molecule has 1 aliphatic rings. The molecule has 0 bridgehead atoms. The zero-order valence-corrected chi connectivity index (χ0v) is 17.0. The van der Waals surface area contributed by atoms with Crippen molar-refractivity contribution in [1.29, 1.82) is 0 Å². The Hall–Kier alpha value is -1.84. The Kier molecular flexibility index (Phi) is 7.46. The zero-order valence-electron chi connectivity index (χ0n) is 16.2. The van der Waals surface area contributed by atoms with Crippen LogP contribution in [0.25, 0.3) is 0 Å². The van der Waals surface area contributed by atoms with Crippen LogP contribution in [-0.4, -0.2) is 65.7 Å². The van der Waals surface area contributed by atoms with Crippen LogP contribution in [0.15, 0.2) is 23.1 Å². The molecular formula is C18H28N2O6S. The van der Waals surface area contributed by atoms with Crippen molar-refractivity contribution in [3.05, 3.63) is 18.2 Å². The molecule has 1 saturated heterocycles. The third-order valence-electron chi connectivity index (χ3n) is 4.55. The van der Waals surface area contributed by atoms with E-state index in [-0.39, 0.29) is 29.3 Å². The van der Waals surface area contributed by atoms with Gasteiger partial charge in [-0.25, -0.2) is 8.42 Å². The van der Waals surface area contributed by atoms with Crippen LogP contribution < -0.4 is 14.8 Å². The second-order valence-electron chi connectivity index (χ2n) is 6.58. The van der Waals surface area contributed by atoms with Gasteiger partial charge in [0.1, 0.15) is 0 Å². The van der Waals surface area contributed by atoms with Crippen molar-refractivity contribution in [3.63, 3.8) is 0 Å². The van der Waals surface area contributed by atoms with E-state index in [2.05, 4.69) is 5.32 Å². The minimum Gasteiger partial charge on any atom is -0.493 e. The molecule has 0 aliphatic carbocycles. The number of hydrogen-bond acceptors (Lipinski definition) is 6. The topological polar surface area (TPSA) is 94.2 Å². The Labute approximate surface area is 160 Å². The summed E-state index contributed by atoms with van der Waals surface area (Å²) in [7, 11) is 0.784. The monoisotopic (exact) mass is 400 g/mol. The van der Waals surface area contributed by atoms with Crippen molar-refractivity contribution >= 4 is 15.9 Å². The number of amides is 1. The van der Waals surface area contributed by atoms with Crippen LogP contribution in [-0.2, 0) is 19.6 Å². The summed E-state index contributed by atoms with van der Waals surface area (Å²) < 4.78 is 42.8. The molecule has 0 spiro atoms. The van der Waals surface area contributed by atoms with Crippen LogP contribution in [0.5, 0.6) is 11.5 Å². The number of benzene rings is 1. The molecule has 8 nitrogen and oxygen atoms in total. The van der Waals surface area contributed by atoms with E-state index >= 15 is 0 Å². The van der Waals surface area contributed by atoms with Crippen molar-refractivity contribution in [2.75, 3.05) is 41.0 Å². The van der Waals surface area contributed by atoms with Gasteiger partial charge in [-0.05, 0) is 31.9 Å². The van der Waals surface area contributed by atoms with Crippen molar-refractivity contribution < 1.29 is 27.4 Å². The lowest BCUT2D eigenvalue weighted by molar-refractivity contribution is -0.127. The highest BCUT2D eigenvalue weighted by atomic mass is 32.2. The van der Waals surface area contributed by atoms with Crippen LogP contribution in [0.2, 0.25) is 0 Å². The van der Waals surface area contributed by atoms with E-state index in [0.29, 0.717) is 37.5 Å². The maximum atomic E-state index is 13.0. The number of nitrogens with one attached hydrogen (secondary N) is 1. The van der Waals surface area contributed by atoms with Crippen LogP contribution >= 0.6 is 0 Å². The number of rotatable bonds is 8.